The van der Waals surface area contributed by atoms with Gasteiger partial charge in [0.2, 0.25) is 0 Å². The number of anilines is 1. The maximum Gasteiger partial charge on any atom is 0.326 e. The molecule has 0 saturated heterocycles. The van der Waals surface area contributed by atoms with Gasteiger partial charge in [-0.15, -0.1) is 11.8 Å². The monoisotopic (exact) mass is 392 g/mol. The van der Waals surface area contributed by atoms with Gasteiger partial charge in [0.15, 0.2) is 6.61 Å². The van der Waals surface area contributed by atoms with Gasteiger partial charge in [-0.3, -0.25) is 19.0 Å². The lowest BCUT2D eigenvalue weighted by Crippen LogP contribution is -2.36. The molecule has 0 radical (unpaired) electrons. The molecule has 6 nitrogen and oxygen atoms in total. The lowest BCUT2D eigenvalue weighted by molar-refractivity contribution is -0.148. The van der Waals surface area contributed by atoms with Crippen LogP contribution in [-0.4, -0.2) is 34.8 Å². The van der Waals surface area contributed by atoms with Gasteiger partial charge in [0, 0.05) is 27.8 Å². The van der Waals surface area contributed by atoms with Crippen molar-refractivity contribution in [1.29, 1.82) is 0 Å². The van der Waals surface area contributed by atoms with Crippen molar-refractivity contribution in [2.75, 3.05) is 18.1 Å². The van der Waals surface area contributed by atoms with Gasteiger partial charge in [-0.2, -0.15) is 0 Å². The number of hydrogen-bond donors (Lipinski definition) is 0. The van der Waals surface area contributed by atoms with E-state index >= 15 is 0 Å². The van der Waals surface area contributed by atoms with Crippen LogP contribution in [0.15, 0.2) is 39.3 Å². The number of thioether (sulfide) groups is 1. The minimum Gasteiger partial charge on any atom is -0.454 e. The topological polar surface area (TPSA) is 68.6 Å². The predicted octanol–water partition coefficient (Wildman–Crippen LogP) is 2.68. The van der Waals surface area contributed by atoms with Gasteiger partial charge in [-0.25, -0.2) is 0 Å². The summed E-state index contributed by atoms with van der Waals surface area (Å²) in [5.74, 6) is -0.845. The summed E-state index contributed by atoms with van der Waals surface area (Å²) in [7, 11) is 0. The Kier molecular flexibility index (Phi) is 5.83. The van der Waals surface area contributed by atoms with E-state index < -0.39 is 5.97 Å². The van der Waals surface area contributed by atoms with Crippen LogP contribution in [0, 0.1) is 6.92 Å². The number of esters is 1. The fourth-order valence-electron chi connectivity index (χ4n) is 2.74. The number of benzene rings is 1. The second kappa shape index (κ2) is 8.09. The molecular weight excluding hydrogens is 372 g/mol. The van der Waals surface area contributed by atoms with Gasteiger partial charge >= 0.3 is 10.8 Å². The highest BCUT2D eigenvalue weighted by Gasteiger charge is 2.25. The summed E-state index contributed by atoms with van der Waals surface area (Å²) in [6, 6.07) is 7.76. The summed E-state index contributed by atoms with van der Waals surface area (Å²) in [5.41, 5.74) is 1.56. The van der Waals surface area contributed by atoms with Crippen molar-refractivity contribution in [1.82, 2.24) is 4.57 Å². The first-order valence-electron chi connectivity index (χ1n) is 8.32. The van der Waals surface area contributed by atoms with Gasteiger partial charge in [0.1, 0.15) is 6.54 Å². The third kappa shape index (κ3) is 4.19. The van der Waals surface area contributed by atoms with Crippen molar-refractivity contribution in [3.63, 3.8) is 0 Å². The molecule has 1 aromatic heterocycles. The molecule has 2 aromatic rings. The molecule has 26 heavy (non-hydrogen) atoms. The molecule has 0 N–H and O–H groups in total. The van der Waals surface area contributed by atoms with E-state index in [0.29, 0.717) is 17.5 Å². The SMILES string of the molecule is Cc1csc(=O)n1CC(=O)OCC(=O)N1CC[C@@H](C)Sc2ccccc21. The third-order valence-corrected chi connectivity index (χ3v) is 6.28. The van der Waals surface area contributed by atoms with Crippen LogP contribution in [0.4, 0.5) is 5.69 Å². The number of rotatable bonds is 4. The van der Waals surface area contributed by atoms with E-state index in [1.165, 1.54) is 4.57 Å². The first-order valence-corrected chi connectivity index (χ1v) is 10.1. The van der Waals surface area contributed by atoms with Crippen LogP contribution >= 0.6 is 23.1 Å². The molecule has 3 rings (SSSR count). The average molecular weight is 393 g/mol. The first kappa shape index (κ1) is 18.7. The number of nitrogens with zero attached hydrogens (tertiary/aromatic N) is 2. The summed E-state index contributed by atoms with van der Waals surface area (Å²) in [6.07, 6.45) is 0.864. The van der Waals surface area contributed by atoms with Gasteiger partial charge in [-0.05, 0) is 25.5 Å². The maximum absolute atomic E-state index is 12.6. The van der Waals surface area contributed by atoms with Crippen molar-refractivity contribution in [3.8, 4) is 0 Å². The van der Waals surface area contributed by atoms with Crippen molar-refractivity contribution in [2.24, 2.45) is 0 Å². The smallest absolute Gasteiger partial charge is 0.326 e. The van der Waals surface area contributed by atoms with E-state index in [-0.39, 0.29) is 23.9 Å². The Labute approximate surface area is 159 Å². The largest absolute Gasteiger partial charge is 0.454 e. The average Bonchev–Trinajstić information content (AvgIpc) is 2.83. The number of amides is 1. The predicted molar refractivity (Wildman–Crippen MR) is 103 cm³/mol. The molecule has 0 unspecified atom stereocenters. The number of carbonyl (C=O) groups excluding carboxylic acids is 2. The zero-order chi connectivity index (χ0) is 18.7. The van der Waals surface area contributed by atoms with Crippen molar-refractivity contribution >= 4 is 40.7 Å². The van der Waals surface area contributed by atoms with Crippen molar-refractivity contribution < 1.29 is 14.3 Å². The Bertz CT molecular complexity index is 874. The molecule has 0 bridgehead atoms. The van der Waals surface area contributed by atoms with Crippen LogP contribution in [0.3, 0.4) is 0 Å². The summed E-state index contributed by atoms with van der Waals surface area (Å²) >= 11 is 2.78. The van der Waals surface area contributed by atoms with Crippen LogP contribution in [-0.2, 0) is 20.9 Å². The Morgan fingerprint density at radius 2 is 2.08 bits per heavy atom. The molecule has 0 spiro atoms. The second-order valence-corrected chi connectivity index (χ2v) is 8.42. The standard InChI is InChI=1S/C18H20N2O4S2/c1-12-11-25-18(23)20(12)9-17(22)24-10-16(21)19-8-7-13(2)26-15-6-4-3-5-14(15)19/h3-6,11,13H,7-10H2,1-2H3/t13-/m1/s1. The lowest BCUT2D eigenvalue weighted by atomic mass is 10.2. The molecule has 0 fully saturated rings. The maximum atomic E-state index is 12.6. The highest BCUT2D eigenvalue weighted by molar-refractivity contribution is 8.00. The van der Waals surface area contributed by atoms with E-state index in [1.54, 1.807) is 29.0 Å². The fourth-order valence-corrected chi connectivity index (χ4v) is 4.58. The molecule has 0 aliphatic carbocycles. The molecule has 8 heteroatoms. The number of thiazole rings is 1. The minimum absolute atomic E-state index is 0.176. The number of carbonyl (C=O) groups is 2. The molecule has 2 heterocycles. The normalized spacial score (nSPS) is 16.7. The molecule has 1 atom stereocenters. The Balaban J connectivity index is 1.65. The van der Waals surface area contributed by atoms with Crippen LogP contribution in [0.1, 0.15) is 19.0 Å². The fraction of sp³-hybridized carbons (Fsp3) is 0.389. The zero-order valence-electron chi connectivity index (χ0n) is 14.6. The van der Waals surface area contributed by atoms with E-state index in [9.17, 15) is 14.4 Å². The summed E-state index contributed by atoms with van der Waals surface area (Å²) < 4.78 is 6.48. The van der Waals surface area contributed by atoms with Crippen LogP contribution in [0.5, 0.6) is 0 Å². The molecule has 1 aliphatic heterocycles. The highest BCUT2D eigenvalue weighted by atomic mass is 32.2. The lowest BCUT2D eigenvalue weighted by Gasteiger charge is -2.22. The summed E-state index contributed by atoms with van der Waals surface area (Å²) in [6.45, 7) is 3.97. The zero-order valence-corrected chi connectivity index (χ0v) is 16.3. The minimum atomic E-state index is -0.590. The van der Waals surface area contributed by atoms with Crippen LogP contribution in [0.2, 0.25) is 0 Å². The second-order valence-electron chi connectivity index (χ2n) is 6.12. The van der Waals surface area contributed by atoms with E-state index in [2.05, 4.69) is 6.92 Å². The number of aromatic nitrogens is 1. The number of fused-ring (bicyclic) bond motifs is 1. The van der Waals surface area contributed by atoms with Crippen molar-refractivity contribution in [2.45, 2.75) is 37.0 Å². The van der Waals surface area contributed by atoms with E-state index in [1.807, 2.05) is 24.3 Å². The van der Waals surface area contributed by atoms with E-state index in [4.69, 9.17) is 4.74 Å². The molecule has 1 amide bonds. The first-order chi connectivity index (χ1) is 12.5. The molecule has 138 valence electrons. The van der Waals surface area contributed by atoms with Gasteiger partial charge in [0.05, 0.1) is 5.69 Å². The highest BCUT2D eigenvalue weighted by Crippen LogP contribution is 2.37. The number of hydrogen-bond acceptors (Lipinski definition) is 6. The van der Waals surface area contributed by atoms with Crippen LogP contribution in [0.25, 0.3) is 0 Å². The molecule has 0 saturated carbocycles. The van der Waals surface area contributed by atoms with E-state index in [0.717, 1.165) is 28.3 Å². The summed E-state index contributed by atoms with van der Waals surface area (Å²) in [5, 5.41) is 2.10. The quantitative estimate of drug-likeness (QED) is 0.749. The number of aryl methyl sites for hydroxylation is 1. The van der Waals surface area contributed by atoms with Gasteiger partial charge < -0.3 is 9.64 Å². The molecule has 1 aromatic carbocycles. The third-order valence-electron chi connectivity index (χ3n) is 4.16. The van der Waals surface area contributed by atoms with Gasteiger partial charge in [0.25, 0.3) is 5.91 Å². The Morgan fingerprint density at radius 1 is 1.31 bits per heavy atom. The Morgan fingerprint density at radius 3 is 2.81 bits per heavy atom. The van der Waals surface area contributed by atoms with Crippen LogP contribution < -0.4 is 9.77 Å². The number of para-hydroxylation sites is 1. The van der Waals surface area contributed by atoms with Crippen molar-refractivity contribution in [3.05, 3.63) is 45.0 Å². The van der Waals surface area contributed by atoms with Gasteiger partial charge in [-0.1, -0.05) is 30.4 Å². The molecular formula is C18H20N2O4S2. The number of ether oxygens (including phenoxy) is 1. The molecule has 1 aliphatic rings. The summed E-state index contributed by atoms with van der Waals surface area (Å²) in [4.78, 5) is 38.8. The Hall–Kier alpha value is -2.06.